The molecule has 0 aromatic heterocycles. The molecule has 0 unspecified atom stereocenters. The van der Waals surface area contributed by atoms with Crippen molar-refractivity contribution in [2.24, 2.45) is 0 Å². The molecule has 0 spiro atoms. The quantitative estimate of drug-likeness (QED) is 0.674. The van der Waals surface area contributed by atoms with E-state index < -0.39 is 0 Å². The second-order valence-electron chi connectivity index (χ2n) is 2.64. The van der Waals surface area contributed by atoms with Gasteiger partial charge in [0.25, 0.3) is 0 Å². The average Bonchev–Trinajstić information content (AvgIpc) is 2.15. The van der Waals surface area contributed by atoms with Gasteiger partial charge in [-0.2, -0.15) is 0 Å². The zero-order chi connectivity index (χ0) is 8.81. The monoisotopic (exact) mass is 165 g/mol. The van der Waals surface area contributed by atoms with Gasteiger partial charge in [-0.25, -0.2) is 0 Å². The summed E-state index contributed by atoms with van der Waals surface area (Å²) < 4.78 is 5.35. The molecule has 0 N–H and O–H groups in total. The summed E-state index contributed by atoms with van der Waals surface area (Å²) in [5.41, 5.74) is 0.804. The Morgan fingerprint density at radius 3 is 2.42 bits per heavy atom. The molecule has 0 heterocycles. The summed E-state index contributed by atoms with van der Waals surface area (Å²) in [5.74, 6) is 0.842. The minimum atomic E-state index is -0.159. The van der Waals surface area contributed by atoms with Gasteiger partial charge in [-0.15, -0.1) is 6.61 Å². The topological polar surface area (TPSA) is 32.3 Å². The minimum absolute atomic E-state index is 0.159. The van der Waals surface area contributed by atoms with Crippen LogP contribution in [0.5, 0.6) is 5.75 Å². The van der Waals surface area contributed by atoms with Gasteiger partial charge in [0.1, 0.15) is 5.75 Å². The Kier molecular flexibility index (Phi) is 3.61. The third-order valence-electron chi connectivity index (χ3n) is 1.56. The Bertz CT molecular complexity index is 216. The highest BCUT2D eigenvalue weighted by Gasteiger charge is 1.90. The molecule has 0 saturated carbocycles. The number of hydrogen-bond donors (Lipinski definition) is 0. The first-order chi connectivity index (χ1) is 5.86. The third kappa shape index (κ3) is 2.55. The molecule has 0 radical (unpaired) electrons. The van der Waals surface area contributed by atoms with Crippen molar-refractivity contribution in [2.75, 3.05) is 6.61 Å². The van der Waals surface area contributed by atoms with E-state index in [9.17, 15) is 5.11 Å². The predicted molar refractivity (Wildman–Crippen MR) is 45.9 cm³/mol. The lowest BCUT2D eigenvalue weighted by Crippen LogP contribution is -2.02. The molecule has 0 aliphatic heterocycles. The van der Waals surface area contributed by atoms with Gasteiger partial charge in [-0.3, -0.25) is 0 Å². The molecule has 0 fully saturated rings. The lowest BCUT2D eigenvalue weighted by Gasteiger charge is -2.07. The molecule has 0 aliphatic rings. The first-order valence-corrected chi connectivity index (χ1v) is 4.16. The van der Waals surface area contributed by atoms with E-state index in [1.807, 2.05) is 12.1 Å². The van der Waals surface area contributed by atoms with Crippen LogP contribution in [0.15, 0.2) is 24.3 Å². The Labute approximate surface area is 72.8 Å². The van der Waals surface area contributed by atoms with Crippen molar-refractivity contribution in [2.45, 2.75) is 20.0 Å². The van der Waals surface area contributed by atoms with Crippen molar-refractivity contribution in [3.8, 4) is 5.75 Å². The Balaban J connectivity index is 2.53. The first kappa shape index (κ1) is 9.07. The van der Waals surface area contributed by atoms with Gasteiger partial charge in [0.15, 0.2) is 0 Å². The summed E-state index contributed by atoms with van der Waals surface area (Å²) in [6.45, 7) is 2.64. The van der Waals surface area contributed by atoms with Crippen LogP contribution in [0.1, 0.15) is 18.9 Å². The van der Waals surface area contributed by atoms with Gasteiger partial charge < -0.3 is 9.84 Å². The summed E-state index contributed by atoms with van der Waals surface area (Å²) in [5, 5.41) is 10.4. The highest BCUT2D eigenvalue weighted by atomic mass is 16.5. The van der Waals surface area contributed by atoms with Crippen LogP contribution in [0, 0.1) is 0 Å². The number of benzene rings is 1. The van der Waals surface area contributed by atoms with Crippen LogP contribution in [0.3, 0.4) is 0 Å². The number of rotatable bonds is 4. The van der Waals surface area contributed by atoms with E-state index in [2.05, 4.69) is 6.92 Å². The third-order valence-corrected chi connectivity index (χ3v) is 1.56. The van der Waals surface area contributed by atoms with E-state index in [0.717, 1.165) is 24.3 Å². The van der Waals surface area contributed by atoms with Gasteiger partial charge in [0.2, 0.25) is 0 Å². The molecule has 0 amide bonds. The van der Waals surface area contributed by atoms with Crippen molar-refractivity contribution in [3.63, 3.8) is 0 Å². The van der Waals surface area contributed by atoms with Crippen LogP contribution < -0.4 is 9.84 Å². The smallest absolute Gasteiger partial charge is 0.119 e. The Morgan fingerprint density at radius 2 is 1.92 bits per heavy atom. The maximum absolute atomic E-state index is 10.4. The molecule has 0 saturated heterocycles. The van der Waals surface area contributed by atoms with E-state index in [1.54, 1.807) is 12.1 Å². The van der Waals surface area contributed by atoms with Crippen LogP contribution in [0.4, 0.5) is 0 Å². The summed E-state index contributed by atoms with van der Waals surface area (Å²) in [4.78, 5) is 0. The molecule has 66 valence electrons. The van der Waals surface area contributed by atoms with Crippen LogP contribution in [0.25, 0.3) is 0 Å². The molecule has 0 atom stereocenters. The number of hydrogen-bond acceptors (Lipinski definition) is 2. The minimum Gasteiger partial charge on any atom is -0.851 e. The maximum Gasteiger partial charge on any atom is 0.119 e. The van der Waals surface area contributed by atoms with Crippen molar-refractivity contribution >= 4 is 0 Å². The number of ether oxygens (including phenoxy) is 1. The zero-order valence-electron chi connectivity index (χ0n) is 7.25. The van der Waals surface area contributed by atoms with Gasteiger partial charge in [0, 0.05) is 0 Å². The fourth-order valence-corrected chi connectivity index (χ4v) is 0.902. The molecule has 1 rings (SSSR count). The highest BCUT2D eigenvalue weighted by Crippen LogP contribution is 2.11. The lowest BCUT2D eigenvalue weighted by atomic mass is 10.2. The van der Waals surface area contributed by atoms with Crippen LogP contribution in [-0.2, 0) is 6.61 Å². The Hall–Kier alpha value is -1.02. The molecule has 2 nitrogen and oxygen atoms in total. The Morgan fingerprint density at radius 1 is 1.25 bits per heavy atom. The summed E-state index contributed by atoms with van der Waals surface area (Å²) in [7, 11) is 0. The fourth-order valence-electron chi connectivity index (χ4n) is 0.902. The van der Waals surface area contributed by atoms with Gasteiger partial charge >= 0.3 is 0 Å². The SMILES string of the molecule is CCCOc1ccc(C[O-])cc1. The summed E-state index contributed by atoms with van der Waals surface area (Å²) in [6.07, 6.45) is 1.00. The lowest BCUT2D eigenvalue weighted by molar-refractivity contribution is -0.386. The normalized spacial score (nSPS) is 9.83. The fraction of sp³-hybridized carbons (Fsp3) is 0.400. The molecule has 0 bridgehead atoms. The largest absolute Gasteiger partial charge is 0.851 e. The van der Waals surface area contributed by atoms with Crippen molar-refractivity contribution < 1.29 is 9.84 Å². The maximum atomic E-state index is 10.4. The molecular formula is C10H13O2-. The van der Waals surface area contributed by atoms with E-state index >= 15 is 0 Å². The van der Waals surface area contributed by atoms with Crippen LogP contribution >= 0.6 is 0 Å². The molecule has 12 heavy (non-hydrogen) atoms. The average molecular weight is 165 g/mol. The highest BCUT2D eigenvalue weighted by molar-refractivity contribution is 5.26. The molecule has 1 aromatic carbocycles. The van der Waals surface area contributed by atoms with Crippen LogP contribution in [-0.4, -0.2) is 6.61 Å². The molecular weight excluding hydrogens is 152 g/mol. The van der Waals surface area contributed by atoms with E-state index in [1.165, 1.54) is 0 Å². The second kappa shape index (κ2) is 4.78. The zero-order valence-corrected chi connectivity index (χ0v) is 7.25. The van der Waals surface area contributed by atoms with Crippen LogP contribution in [0.2, 0.25) is 0 Å². The summed E-state index contributed by atoms with van der Waals surface area (Å²) in [6, 6.07) is 7.28. The first-order valence-electron chi connectivity index (χ1n) is 4.16. The second-order valence-corrected chi connectivity index (χ2v) is 2.64. The van der Waals surface area contributed by atoms with Crippen molar-refractivity contribution in [1.29, 1.82) is 0 Å². The van der Waals surface area contributed by atoms with E-state index in [0.29, 0.717) is 0 Å². The summed E-state index contributed by atoms with van der Waals surface area (Å²) >= 11 is 0. The van der Waals surface area contributed by atoms with Gasteiger partial charge in [-0.1, -0.05) is 24.6 Å². The van der Waals surface area contributed by atoms with Gasteiger partial charge in [0.05, 0.1) is 6.61 Å². The van der Waals surface area contributed by atoms with E-state index in [4.69, 9.17) is 4.74 Å². The molecule has 1 aromatic rings. The molecule has 0 aliphatic carbocycles. The standard InChI is InChI=1S/C10H13O2/c1-2-7-12-10-5-3-9(8-11)4-6-10/h3-6H,2,7-8H2,1H3/q-1. The van der Waals surface area contributed by atoms with Crippen molar-refractivity contribution in [3.05, 3.63) is 29.8 Å². The van der Waals surface area contributed by atoms with Crippen molar-refractivity contribution in [1.82, 2.24) is 0 Å². The van der Waals surface area contributed by atoms with Gasteiger partial charge in [-0.05, 0) is 18.6 Å². The predicted octanol–water partition coefficient (Wildman–Crippen LogP) is 1.34. The molecule has 2 heteroatoms. The van der Waals surface area contributed by atoms with E-state index in [-0.39, 0.29) is 6.61 Å².